The van der Waals surface area contributed by atoms with Crippen molar-refractivity contribution in [3.8, 4) is 23.2 Å². The molecule has 0 aliphatic rings. The van der Waals surface area contributed by atoms with Crippen LogP contribution in [0.4, 0.5) is 0 Å². The van der Waals surface area contributed by atoms with Crippen molar-refractivity contribution in [2.75, 3.05) is 0 Å². The van der Waals surface area contributed by atoms with Gasteiger partial charge in [0.15, 0.2) is 0 Å². The van der Waals surface area contributed by atoms with E-state index in [1.807, 2.05) is 133 Å². The van der Waals surface area contributed by atoms with E-state index in [0.717, 1.165) is 9.75 Å². The lowest BCUT2D eigenvalue weighted by molar-refractivity contribution is 0.592. The van der Waals surface area contributed by atoms with Crippen molar-refractivity contribution >= 4 is 46.8 Å². The third-order valence-corrected chi connectivity index (χ3v) is 11.6. The molecular weight excluding hydrogens is 510 g/mol. The van der Waals surface area contributed by atoms with Gasteiger partial charge in [-0.25, -0.2) is 0 Å². The lowest BCUT2D eigenvalue weighted by atomic mass is 10.4. The zero-order valence-corrected chi connectivity index (χ0v) is 22.4. The van der Waals surface area contributed by atoms with Gasteiger partial charge in [0.25, 0.3) is 0 Å². The zero-order valence-electron chi connectivity index (χ0n) is 19.8. The van der Waals surface area contributed by atoms with Gasteiger partial charge in [0.2, 0.25) is 14.3 Å². The minimum absolute atomic E-state index is 0.705. The summed E-state index contributed by atoms with van der Waals surface area (Å²) in [5.74, 6) is 6.26. The van der Waals surface area contributed by atoms with Crippen molar-refractivity contribution in [2.24, 2.45) is 0 Å². The number of hydrogen-bond acceptors (Lipinski definition) is 3. The number of benzene rings is 4. The van der Waals surface area contributed by atoms with Crippen LogP contribution in [0, 0.1) is 23.2 Å². The van der Waals surface area contributed by atoms with E-state index in [1.165, 1.54) is 11.3 Å². The molecule has 0 unspecified atom stereocenters. The molecule has 1 aromatic heterocycles. The van der Waals surface area contributed by atoms with Gasteiger partial charge < -0.3 is 0 Å². The fourth-order valence-corrected chi connectivity index (χ4v) is 8.75. The molecule has 5 aromatic rings. The second kappa shape index (κ2) is 11.0. The third-order valence-electron chi connectivity index (χ3n) is 5.76. The highest BCUT2D eigenvalue weighted by Gasteiger charge is 2.25. The summed E-state index contributed by atoms with van der Waals surface area (Å²) in [7, 11) is -6.27. The molecule has 0 bridgehead atoms. The molecule has 178 valence electrons. The Kier molecular flexibility index (Phi) is 7.42. The Morgan fingerprint density at radius 3 is 0.946 bits per heavy atom. The third kappa shape index (κ3) is 5.47. The fourth-order valence-electron chi connectivity index (χ4n) is 3.85. The summed E-state index contributed by atoms with van der Waals surface area (Å²) in [6.45, 7) is 0. The molecule has 0 spiro atoms. The highest BCUT2D eigenvalue weighted by molar-refractivity contribution is 7.83. The summed E-state index contributed by atoms with van der Waals surface area (Å²) in [5, 5.41) is 2.82. The minimum atomic E-state index is -3.14. The predicted molar refractivity (Wildman–Crippen MR) is 158 cm³/mol. The molecule has 0 aliphatic heterocycles. The average molecular weight is 533 g/mol. The molecule has 0 saturated heterocycles. The molecule has 5 rings (SSSR count). The quantitative estimate of drug-likeness (QED) is 0.199. The van der Waals surface area contributed by atoms with Gasteiger partial charge in [0, 0.05) is 21.2 Å². The van der Waals surface area contributed by atoms with Crippen LogP contribution in [0.5, 0.6) is 0 Å². The van der Waals surface area contributed by atoms with Gasteiger partial charge in [-0.1, -0.05) is 121 Å². The Morgan fingerprint density at radius 2 is 0.676 bits per heavy atom. The first-order valence-electron chi connectivity index (χ1n) is 11.7. The summed E-state index contributed by atoms with van der Waals surface area (Å²) in [6, 6.07) is 41.3. The van der Waals surface area contributed by atoms with Crippen molar-refractivity contribution in [3.05, 3.63) is 143 Å². The summed E-state index contributed by atoms with van der Waals surface area (Å²) in [4.78, 5) is 1.51. The van der Waals surface area contributed by atoms with Gasteiger partial charge in [-0.3, -0.25) is 9.13 Å². The lowest BCUT2D eigenvalue weighted by Gasteiger charge is -2.12. The van der Waals surface area contributed by atoms with Crippen molar-refractivity contribution in [2.45, 2.75) is 0 Å². The molecule has 0 atom stereocenters. The first-order valence-corrected chi connectivity index (χ1v) is 15.9. The number of thiophene rings is 1. The first kappa shape index (κ1) is 24.8. The molecule has 1 heterocycles. The smallest absolute Gasteiger partial charge is 0.211 e. The van der Waals surface area contributed by atoms with E-state index in [-0.39, 0.29) is 0 Å². The summed E-state index contributed by atoms with van der Waals surface area (Å²) in [5.41, 5.74) is 6.19. The molecule has 2 nitrogen and oxygen atoms in total. The van der Waals surface area contributed by atoms with Gasteiger partial charge in [-0.2, -0.15) is 0 Å². The molecule has 0 amide bonds. The van der Waals surface area contributed by atoms with Gasteiger partial charge in [0.05, 0.1) is 9.75 Å². The molecule has 0 radical (unpaired) electrons. The Balaban J connectivity index is 1.50. The SMILES string of the molecule is O=P(C#Cc1ccc(C#CP(=O)(c2ccccc2)c2ccccc2)s1)(c1ccccc1)c1ccccc1. The summed E-state index contributed by atoms with van der Waals surface area (Å²) in [6.07, 6.45) is 0. The van der Waals surface area contributed by atoms with E-state index in [4.69, 9.17) is 0 Å². The van der Waals surface area contributed by atoms with Crippen LogP contribution in [0.2, 0.25) is 0 Å². The van der Waals surface area contributed by atoms with Crippen LogP contribution in [0.25, 0.3) is 0 Å². The topological polar surface area (TPSA) is 34.1 Å². The van der Waals surface area contributed by atoms with E-state index in [2.05, 4.69) is 23.2 Å². The van der Waals surface area contributed by atoms with Gasteiger partial charge in [-0.15, -0.1) is 11.3 Å². The maximum Gasteiger partial charge on any atom is 0.211 e. The first-order chi connectivity index (χ1) is 18.1. The molecular formula is C32H22O2P2S. The molecule has 0 aliphatic carbocycles. The highest BCUT2D eigenvalue weighted by Crippen LogP contribution is 2.43. The lowest BCUT2D eigenvalue weighted by Crippen LogP contribution is -2.14. The van der Waals surface area contributed by atoms with Crippen molar-refractivity contribution < 1.29 is 9.13 Å². The predicted octanol–water partition coefficient (Wildman–Crippen LogP) is 6.39. The average Bonchev–Trinajstić information content (AvgIpc) is 3.44. The van der Waals surface area contributed by atoms with Crippen molar-refractivity contribution in [1.82, 2.24) is 0 Å². The van der Waals surface area contributed by atoms with E-state index < -0.39 is 14.3 Å². The van der Waals surface area contributed by atoms with Crippen LogP contribution in [-0.4, -0.2) is 0 Å². The van der Waals surface area contributed by atoms with Crippen LogP contribution in [0.15, 0.2) is 133 Å². The maximum atomic E-state index is 14.1. The Labute approximate surface area is 221 Å². The van der Waals surface area contributed by atoms with E-state index in [9.17, 15) is 9.13 Å². The van der Waals surface area contributed by atoms with E-state index in [1.54, 1.807) is 0 Å². The van der Waals surface area contributed by atoms with Crippen LogP contribution < -0.4 is 21.2 Å². The van der Waals surface area contributed by atoms with Crippen LogP contribution >= 0.6 is 25.6 Å². The maximum absolute atomic E-state index is 14.1. The minimum Gasteiger partial charge on any atom is -0.300 e. The second-order valence-corrected chi connectivity index (χ2v) is 14.2. The van der Waals surface area contributed by atoms with Crippen molar-refractivity contribution in [3.63, 3.8) is 0 Å². The number of rotatable bonds is 4. The summed E-state index contributed by atoms with van der Waals surface area (Å²) < 4.78 is 28.3. The molecule has 0 fully saturated rings. The fraction of sp³-hybridized carbons (Fsp3) is 0. The van der Waals surface area contributed by atoms with Gasteiger partial charge in [-0.05, 0) is 35.3 Å². The van der Waals surface area contributed by atoms with E-state index in [0.29, 0.717) is 21.2 Å². The number of hydrogen-bond donors (Lipinski definition) is 0. The van der Waals surface area contributed by atoms with E-state index >= 15 is 0 Å². The molecule has 0 N–H and O–H groups in total. The van der Waals surface area contributed by atoms with Crippen molar-refractivity contribution in [1.29, 1.82) is 0 Å². The molecule has 5 heteroatoms. The Morgan fingerprint density at radius 1 is 0.405 bits per heavy atom. The highest BCUT2D eigenvalue weighted by atomic mass is 32.1. The van der Waals surface area contributed by atoms with Gasteiger partial charge >= 0.3 is 0 Å². The van der Waals surface area contributed by atoms with Crippen LogP contribution in [-0.2, 0) is 9.13 Å². The van der Waals surface area contributed by atoms with Crippen LogP contribution in [0.1, 0.15) is 9.75 Å². The molecule has 0 saturated carbocycles. The monoisotopic (exact) mass is 532 g/mol. The standard InChI is InChI=1S/C32H22O2P2S/c33-35(27-13-5-1-6-14-27,28-15-7-2-8-16-28)25-23-31-21-22-32(37-31)24-26-36(34,29-17-9-3-10-18-29)30-19-11-4-12-20-30/h1-22H. The Hall–Kier alpha value is -3.84. The largest absolute Gasteiger partial charge is 0.300 e. The molecule has 37 heavy (non-hydrogen) atoms. The Bertz CT molecular complexity index is 1510. The molecule has 4 aromatic carbocycles. The normalized spacial score (nSPS) is 11.0. The van der Waals surface area contributed by atoms with Gasteiger partial charge in [0.1, 0.15) is 0 Å². The summed E-state index contributed by atoms with van der Waals surface area (Å²) >= 11 is 1.41. The second-order valence-electron chi connectivity index (χ2n) is 8.20. The zero-order chi connectivity index (χ0) is 25.6. The van der Waals surface area contributed by atoms with Crippen LogP contribution in [0.3, 0.4) is 0 Å².